The molecule has 2 atom stereocenters. The summed E-state index contributed by atoms with van der Waals surface area (Å²) in [4.78, 5) is 0. The summed E-state index contributed by atoms with van der Waals surface area (Å²) in [5.41, 5.74) is 1.89. The zero-order valence-corrected chi connectivity index (χ0v) is 14.9. The molecule has 1 nitrogen and oxygen atoms in total. The van der Waals surface area contributed by atoms with Crippen LogP contribution in [0.2, 0.25) is 0 Å². The quantitative estimate of drug-likeness (QED) is 0.688. The number of nitrogens with one attached hydrogen (secondary N) is 1. The van der Waals surface area contributed by atoms with Gasteiger partial charge in [-0.25, -0.2) is 0 Å². The summed E-state index contributed by atoms with van der Waals surface area (Å²) in [6.07, 6.45) is 2.49. The minimum atomic E-state index is 0.410. The molecule has 0 aliphatic rings. The van der Waals surface area contributed by atoms with E-state index in [2.05, 4.69) is 69.6 Å². The second-order valence-electron chi connectivity index (χ2n) is 7.40. The molecule has 1 heterocycles. The first-order valence-corrected chi connectivity index (χ1v) is 8.98. The third-order valence-electron chi connectivity index (χ3n) is 3.94. The molecule has 0 bridgehead atoms. The first-order valence-electron chi connectivity index (χ1n) is 8.10. The van der Waals surface area contributed by atoms with E-state index in [1.165, 1.54) is 28.5 Å². The Morgan fingerprint density at radius 3 is 2.57 bits per heavy atom. The Kier molecular flexibility index (Phi) is 5.45. The van der Waals surface area contributed by atoms with E-state index in [1.54, 1.807) is 0 Å². The van der Waals surface area contributed by atoms with Crippen LogP contribution < -0.4 is 5.32 Å². The third kappa shape index (κ3) is 4.55. The van der Waals surface area contributed by atoms with Gasteiger partial charge in [-0.05, 0) is 53.1 Å². The molecule has 2 unspecified atom stereocenters. The maximum absolute atomic E-state index is 3.70. The summed E-state index contributed by atoms with van der Waals surface area (Å²) in [5, 5.41) is 7.48. The van der Waals surface area contributed by atoms with Crippen LogP contribution >= 0.6 is 11.3 Å². The monoisotopic (exact) mass is 303 g/mol. The van der Waals surface area contributed by atoms with E-state index in [9.17, 15) is 0 Å². The number of benzene rings is 1. The minimum absolute atomic E-state index is 0.410. The van der Waals surface area contributed by atoms with E-state index in [4.69, 9.17) is 0 Å². The summed E-state index contributed by atoms with van der Waals surface area (Å²) in [6, 6.07) is 9.25. The van der Waals surface area contributed by atoms with Crippen molar-refractivity contribution >= 4 is 21.4 Å². The second-order valence-corrected chi connectivity index (χ2v) is 8.31. The molecule has 1 N–H and O–H groups in total. The Morgan fingerprint density at radius 2 is 1.90 bits per heavy atom. The Morgan fingerprint density at radius 1 is 1.19 bits per heavy atom. The molecular weight excluding hydrogens is 274 g/mol. The largest absolute Gasteiger partial charge is 0.310 e. The van der Waals surface area contributed by atoms with Gasteiger partial charge in [0.15, 0.2) is 0 Å². The van der Waals surface area contributed by atoms with Crippen LogP contribution in [0.5, 0.6) is 0 Å². The molecule has 0 saturated carbocycles. The molecule has 21 heavy (non-hydrogen) atoms. The normalized spacial score (nSPS) is 15.3. The summed E-state index contributed by atoms with van der Waals surface area (Å²) in [6.45, 7) is 12.6. The van der Waals surface area contributed by atoms with E-state index in [-0.39, 0.29) is 0 Å². The molecule has 0 aliphatic carbocycles. The smallest absolute Gasteiger partial charge is 0.0346 e. The average Bonchev–Trinajstić information content (AvgIpc) is 2.79. The van der Waals surface area contributed by atoms with E-state index < -0.39 is 0 Å². The average molecular weight is 304 g/mol. The molecular formula is C19H29NS. The lowest BCUT2D eigenvalue weighted by atomic mass is 9.82. The predicted molar refractivity (Wildman–Crippen MR) is 96.1 cm³/mol. The van der Waals surface area contributed by atoms with Crippen molar-refractivity contribution in [1.82, 2.24) is 5.32 Å². The molecule has 2 heteroatoms. The lowest BCUT2D eigenvalue weighted by molar-refractivity contribution is 0.277. The van der Waals surface area contributed by atoms with Gasteiger partial charge in [-0.1, -0.05) is 52.8 Å². The summed E-state index contributed by atoms with van der Waals surface area (Å²) in [7, 11) is 0. The Hall–Kier alpha value is -0.860. The van der Waals surface area contributed by atoms with Crippen molar-refractivity contribution in [3.8, 4) is 0 Å². The molecule has 0 saturated heterocycles. The first-order chi connectivity index (χ1) is 9.90. The van der Waals surface area contributed by atoms with Gasteiger partial charge in [-0.15, -0.1) is 11.3 Å². The fourth-order valence-electron chi connectivity index (χ4n) is 3.37. The summed E-state index contributed by atoms with van der Waals surface area (Å²) >= 11 is 1.87. The van der Waals surface area contributed by atoms with E-state index >= 15 is 0 Å². The van der Waals surface area contributed by atoms with Gasteiger partial charge in [-0.3, -0.25) is 0 Å². The SMILES string of the molecule is CCNC(CC(C)CC(C)(C)C)c1csc2ccccc12. The van der Waals surface area contributed by atoms with Crippen LogP contribution in [-0.4, -0.2) is 6.54 Å². The highest BCUT2D eigenvalue weighted by Gasteiger charge is 2.21. The lowest BCUT2D eigenvalue weighted by Gasteiger charge is -2.27. The van der Waals surface area contributed by atoms with Crippen LogP contribution in [0.4, 0.5) is 0 Å². The number of fused-ring (bicyclic) bond motifs is 1. The fourth-order valence-corrected chi connectivity index (χ4v) is 4.38. The van der Waals surface area contributed by atoms with Crippen LogP contribution in [0, 0.1) is 11.3 Å². The number of thiophene rings is 1. The molecule has 2 aromatic rings. The van der Waals surface area contributed by atoms with E-state index in [0.717, 1.165) is 12.5 Å². The molecule has 0 amide bonds. The zero-order valence-electron chi connectivity index (χ0n) is 14.1. The molecule has 2 rings (SSSR count). The third-order valence-corrected chi connectivity index (χ3v) is 4.92. The zero-order chi connectivity index (χ0) is 15.5. The van der Waals surface area contributed by atoms with Crippen molar-refractivity contribution in [3.05, 3.63) is 35.2 Å². The van der Waals surface area contributed by atoms with Gasteiger partial charge in [0.2, 0.25) is 0 Å². The van der Waals surface area contributed by atoms with Gasteiger partial charge in [-0.2, -0.15) is 0 Å². The van der Waals surface area contributed by atoms with Gasteiger partial charge >= 0.3 is 0 Å². The van der Waals surface area contributed by atoms with Crippen LogP contribution in [-0.2, 0) is 0 Å². The number of hydrogen-bond donors (Lipinski definition) is 1. The fraction of sp³-hybridized carbons (Fsp3) is 0.579. The van der Waals surface area contributed by atoms with Crippen LogP contribution in [0.1, 0.15) is 59.1 Å². The predicted octanol–water partition coefficient (Wildman–Crippen LogP) is 6.01. The molecule has 0 fully saturated rings. The highest BCUT2D eigenvalue weighted by molar-refractivity contribution is 7.17. The van der Waals surface area contributed by atoms with E-state index in [1.807, 2.05) is 11.3 Å². The lowest BCUT2D eigenvalue weighted by Crippen LogP contribution is -2.24. The van der Waals surface area contributed by atoms with Crippen molar-refractivity contribution < 1.29 is 0 Å². The maximum Gasteiger partial charge on any atom is 0.0346 e. The second kappa shape index (κ2) is 6.93. The Labute approximate surface area is 133 Å². The Balaban J connectivity index is 2.19. The van der Waals surface area contributed by atoms with Gasteiger partial charge in [0.05, 0.1) is 0 Å². The van der Waals surface area contributed by atoms with Crippen LogP contribution in [0.25, 0.3) is 10.1 Å². The van der Waals surface area contributed by atoms with Crippen molar-refractivity contribution in [2.24, 2.45) is 11.3 Å². The molecule has 0 radical (unpaired) electrons. The molecule has 0 aliphatic heterocycles. The standard InChI is InChI=1S/C19H29NS/c1-6-20-17(11-14(2)12-19(3,4)5)16-13-21-18-10-8-7-9-15(16)18/h7-10,13-14,17,20H,6,11-12H2,1-5H3. The van der Waals surface area contributed by atoms with Gasteiger partial charge < -0.3 is 5.32 Å². The maximum atomic E-state index is 3.70. The van der Waals surface area contributed by atoms with Gasteiger partial charge in [0, 0.05) is 10.7 Å². The van der Waals surface area contributed by atoms with Crippen molar-refractivity contribution in [2.75, 3.05) is 6.54 Å². The van der Waals surface area contributed by atoms with Crippen LogP contribution in [0.15, 0.2) is 29.6 Å². The van der Waals surface area contributed by atoms with Crippen molar-refractivity contribution in [1.29, 1.82) is 0 Å². The van der Waals surface area contributed by atoms with Crippen molar-refractivity contribution in [3.63, 3.8) is 0 Å². The van der Waals surface area contributed by atoms with E-state index in [0.29, 0.717) is 11.5 Å². The summed E-state index contributed by atoms with van der Waals surface area (Å²) < 4.78 is 1.40. The van der Waals surface area contributed by atoms with Gasteiger partial charge in [0.1, 0.15) is 0 Å². The first kappa shape index (κ1) is 16.5. The minimum Gasteiger partial charge on any atom is -0.310 e. The molecule has 0 spiro atoms. The van der Waals surface area contributed by atoms with Crippen LogP contribution in [0.3, 0.4) is 0 Å². The molecule has 116 valence electrons. The number of rotatable bonds is 6. The highest BCUT2D eigenvalue weighted by Crippen LogP contribution is 2.35. The highest BCUT2D eigenvalue weighted by atomic mass is 32.1. The molecule has 1 aromatic heterocycles. The Bertz CT molecular complexity index is 564. The van der Waals surface area contributed by atoms with Gasteiger partial charge in [0.25, 0.3) is 0 Å². The van der Waals surface area contributed by atoms with Crippen molar-refractivity contribution in [2.45, 2.75) is 53.5 Å². The number of hydrogen-bond acceptors (Lipinski definition) is 2. The summed E-state index contributed by atoms with van der Waals surface area (Å²) in [5.74, 6) is 0.729. The topological polar surface area (TPSA) is 12.0 Å². The molecule has 1 aromatic carbocycles.